The van der Waals surface area contributed by atoms with E-state index in [4.69, 9.17) is 9.05 Å². The van der Waals surface area contributed by atoms with E-state index in [1.54, 1.807) is 5.57 Å². The SMILES string of the molecule is O=P1(O)Oc2c(-c3ccc(C4CCCCC4)cc3)cc3c(c2[C@H]2C4=C(CCCC4)CC(c4ccc(C5CCCCC5)cc4)[C@H]2O1)CCCC3. The van der Waals surface area contributed by atoms with E-state index in [1.807, 2.05) is 0 Å². The number of phosphoric acid groups is 1. The highest BCUT2D eigenvalue weighted by molar-refractivity contribution is 7.47. The summed E-state index contributed by atoms with van der Waals surface area (Å²) in [4.78, 5) is 11.6. The van der Waals surface area contributed by atoms with E-state index in [0.717, 1.165) is 49.7 Å². The molecule has 5 heteroatoms. The van der Waals surface area contributed by atoms with Gasteiger partial charge in [0.2, 0.25) is 0 Å². The second-order valence-corrected chi connectivity index (χ2v) is 17.6. The first-order valence-corrected chi connectivity index (χ1v) is 21.3. The van der Waals surface area contributed by atoms with E-state index in [-0.39, 0.29) is 11.8 Å². The Balaban J connectivity index is 1.18. The van der Waals surface area contributed by atoms with Crippen molar-refractivity contribution in [2.24, 2.45) is 0 Å². The first kappa shape index (κ1) is 32.3. The molecule has 3 aromatic carbocycles. The predicted octanol–water partition coefficient (Wildman–Crippen LogP) is 12.3. The van der Waals surface area contributed by atoms with Crippen LogP contribution in [0.15, 0.2) is 65.7 Å². The van der Waals surface area contributed by atoms with Gasteiger partial charge in [-0.05, 0) is 135 Å². The van der Waals surface area contributed by atoms with Crippen molar-refractivity contribution in [2.45, 2.75) is 152 Å². The van der Waals surface area contributed by atoms with Crippen LogP contribution in [0.2, 0.25) is 0 Å². The molecule has 6 aliphatic rings. The first-order valence-electron chi connectivity index (χ1n) is 19.8. The van der Waals surface area contributed by atoms with Crippen molar-refractivity contribution in [3.05, 3.63) is 99.1 Å². The molecule has 2 fully saturated rings. The number of hydrogen-bond acceptors (Lipinski definition) is 3. The highest BCUT2D eigenvalue weighted by atomic mass is 31.2. The standard InChI is InChI=1S/C44H53O4P/c45-49(46)47-43-39(33-23-19-31(20-24-33)29-11-3-1-4-12-29)27-35-15-7-9-17-37(35)41(43)42-38-18-10-8-16-36(38)28-40(44(42)48-49)34-25-21-32(22-26-34)30-13-5-2-6-14-30/h19-27,29-30,40,42,44H,1-18,28H2,(H,45,46)/t40?,42-,44-/m1/s1. The van der Waals surface area contributed by atoms with Gasteiger partial charge < -0.3 is 4.52 Å². The average Bonchev–Trinajstić information content (AvgIpc) is 3.28. The van der Waals surface area contributed by atoms with Crippen LogP contribution in [0.3, 0.4) is 0 Å². The monoisotopic (exact) mass is 676 g/mol. The lowest BCUT2D eigenvalue weighted by Gasteiger charge is -2.43. The molecule has 49 heavy (non-hydrogen) atoms. The molecule has 258 valence electrons. The minimum atomic E-state index is -4.43. The van der Waals surface area contributed by atoms with Gasteiger partial charge in [-0.1, -0.05) is 98.2 Å². The molecule has 0 bridgehead atoms. The van der Waals surface area contributed by atoms with E-state index in [0.29, 0.717) is 17.6 Å². The largest absolute Gasteiger partial charge is 0.527 e. The summed E-state index contributed by atoms with van der Waals surface area (Å²) in [6.45, 7) is 0. The lowest BCUT2D eigenvalue weighted by molar-refractivity contribution is 0.103. The Hall–Kier alpha value is -2.65. The van der Waals surface area contributed by atoms with Crippen molar-refractivity contribution in [1.29, 1.82) is 0 Å². The Morgan fingerprint density at radius 1 is 0.653 bits per heavy atom. The second kappa shape index (κ2) is 13.5. The Bertz CT molecular complexity index is 1760. The van der Waals surface area contributed by atoms with Gasteiger partial charge in [-0.2, -0.15) is 0 Å². The number of benzene rings is 3. The van der Waals surface area contributed by atoms with Gasteiger partial charge in [-0.25, -0.2) is 4.57 Å². The summed E-state index contributed by atoms with van der Waals surface area (Å²) in [5.74, 6) is 1.84. The fourth-order valence-corrected chi connectivity index (χ4v) is 11.9. The third kappa shape index (κ3) is 6.19. The van der Waals surface area contributed by atoms with Gasteiger partial charge >= 0.3 is 7.82 Å². The van der Waals surface area contributed by atoms with Gasteiger partial charge in [-0.15, -0.1) is 0 Å². The molecule has 3 aromatic rings. The van der Waals surface area contributed by atoms with E-state index in [1.165, 1.54) is 122 Å². The molecule has 0 spiro atoms. The van der Waals surface area contributed by atoms with Gasteiger partial charge in [-0.3, -0.25) is 9.42 Å². The number of hydrogen-bond donors (Lipinski definition) is 1. The molecule has 1 heterocycles. The molecule has 9 rings (SSSR count). The molecule has 0 radical (unpaired) electrons. The molecule has 2 saturated carbocycles. The highest BCUT2D eigenvalue weighted by Crippen LogP contribution is 2.63. The molecule has 2 unspecified atom stereocenters. The Morgan fingerprint density at radius 3 is 1.94 bits per heavy atom. The van der Waals surface area contributed by atoms with E-state index < -0.39 is 13.9 Å². The zero-order chi connectivity index (χ0) is 33.0. The Morgan fingerprint density at radius 2 is 1.24 bits per heavy atom. The van der Waals surface area contributed by atoms with Crippen molar-refractivity contribution in [3.8, 4) is 16.9 Å². The van der Waals surface area contributed by atoms with Crippen molar-refractivity contribution in [1.82, 2.24) is 0 Å². The zero-order valence-electron chi connectivity index (χ0n) is 29.1. The minimum Gasteiger partial charge on any atom is -0.403 e. The molecule has 5 aliphatic carbocycles. The van der Waals surface area contributed by atoms with Gasteiger partial charge in [0.25, 0.3) is 0 Å². The molecule has 4 atom stereocenters. The van der Waals surface area contributed by atoms with E-state index in [9.17, 15) is 9.46 Å². The molecule has 1 N–H and O–H groups in total. The van der Waals surface area contributed by atoms with Crippen LogP contribution in [-0.4, -0.2) is 11.0 Å². The minimum absolute atomic E-state index is 0.00922. The third-order valence-electron chi connectivity index (χ3n) is 13.4. The smallest absolute Gasteiger partial charge is 0.403 e. The van der Waals surface area contributed by atoms with Crippen molar-refractivity contribution < 1.29 is 18.5 Å². The van der Waals surface area contributed by atoms with E-state index in [2.05, 4.69) is 54.6 Å². The molecule has 4 nitrogen and oxygen atoms in total. The maximum absolute atomic E-state index is 14.2. The first-order chi connectivity index (χ1) is 24.0. The maximum atomic E-state index is 14.2. The third-order valence-corrected chi connectivity index (χ3v) is 14.3. The number of allylic oxidation sites excluding steroid dienone is 1. The predicted molar refractivity (Wildman–Crippen MR) is 198 cm³/mol. The summed E-state index contributed by atoms with van der Waals surface area (Å²) >= 11 is 0. The topological polar surface area (TPSA) is 55.8 Å². The lowest BCUT2D eigenvalue weighted by Crippen LogP contribution is -2.35. The van der Waals surface area contributed by atoms with Crippen molar-refractivity contribution in [3.63, 3.8) is 0 Å². The second-order valence-electron chi connectivity index (χ2n) is 16.2. The highest BCUT2D eigenvalue weighted by Gasteiger charge is 2.50. The summed E-state index contributed by atoms with van der Waals surface area (Å²) < 4.78 is 27.0. The van der Waals surface area contributed by atoms with Gasteiger partial charge in [0.05, 0.1) is 6.10 Å². The van der Waals surface area contributed by atoms with E-state index >= 15 is 0 Å². The summed E-state index contributed by atoms with van der Waals surface area (Å²) in [6, 6.07) is 20.7. The number of fused-ring (bicyclic) bond motifs is 6. The van der Waals surface area contributed by atoms with Crippen LogP contribution >= 0.6 is 7.82 Å². The summed E-state index contributed by atoms with van der Waals surface area (Å²) in [7, 11) is -4.43. The van der Waals surface area contributed by atoms with Crippen LogP contribution in [0.5, 0.6) is 5.75 Å². The van der Waals surface area contributed by atoms with Crippen LogP contribution in [-0.2, 0) is 21.9 Å². The normalized spacial score (nSPS) is 29.2. The lowest BCUT2D eigenvalue weighted by atomic mass is 9.64. The number of aryl methyl sites for hydroxylation is 1. The molecule has 1 aliphatic heterocycles. The molecule has 0 aromatic heterocycles. The van der Waals surface area contributed by atoms with Crippen LogP contribution in [0.25, 0.3) is 11.1 Å². The van der Waals surface area contributed by atoms with Crippen LogP contribution in [0, 0.1) is 0 Å². The fraction of sp³-hybridized carbons (Fsp3) is 0.545. The van der Waals surface area contributed by atoms with Crippen LogP contribution in [0.4, 0.5) is 0 Å². The average molecular weight is 677 g/mol. The van der Waals surface area contributed by atoms with Gasteiger partial charge in [0.1, 0.15) is 5.75 Å². The molecular weight excluding hydrogens is 623 g/mol. The molecule has 0 saturated heterocycles. The van der Waals surface area contributed by atoms with Crippen LogP contribution in [0.1, 0.15) is 166 Å². The van der Waals surface area contributed by atoms with Crippen LogP contribution < -0.4 is 4.52 Å². The summed E-state index contributed by atoms with van der Waals surface area (Å²) in [6.07, 6.45) is 22.5. The number of phosphoric ester groups is 1. The van der Waals surface area contributed by atoms with Gasteiger partial charge in [0.15, 0.2) is 0 Å². The number of rotatable bonds is 4. The fourth-order valence-electron chi connectivity index (χ4n) is 10.9. The quantitative estimate of drug-likeness (QED) is 0.221. The molecular formula is C44H53O4P. The Kier molecular flexibility index (Phi) is 8.88. The molecule has 0 amide bonds. The van der Waals surface area contributed by atoms with Crippen molar-refractivity contribution in [2.75, 3.05) is 0 Å². The summed E-state index contributed by atoms with van der Waals surface area (Å²) in [5.41, 5.74) is 13.1. The zero-order valence-corrected chi connectivity index (χ0v) is 30.0. The maximum Gasteiger partial charge on any atom is 0.527 e. The van der Waals surface area contributed by atoms with Gasteiger partial charge in [0, 0.05) is 23.0 Å². The Labute approximate surface area is 293 Å². The summed E-state index contributed by atoms with van der Waals surface area (Å²) in [5, 5.41) is 0. The van der Waals surface area contributed by atoms with Crippen molar-refractivity contribution >= 4 is 7.82 Å².